The van der Waals surface area contributed by atoms with Gasteiger partial charge in [-0.15, -0.1) is 0 Å². The van der Waals surface area contributed by atoms with E-state index in [-0.39, 0.29) is 4.44 Å². The van der Waals surface area contributed by atoms with Crippen LogP contribution in [0, 0.1) is 0 Å². The van der Waals surface area contributed by atoms with E-state index >= 15 is 0 Å². The number of halogens is 18. The Kier molecular flexibility index (Phi) is 8.70. The molecule has 0 nitrogen and oxygen atoms in total. The zero-order valence-corrected chi connectivity index (χ0v) is 18.4. The third kappa shape index (κ3) is 4.41. The average molecular weight is 707 g/mol. The Morgan fingerprint density at radius 3 is 1.07 bits per heavy atom. The van der Waals surface area contributed by atoms with Gasteiger partial charge in [0.15, 0.2) is 0 Å². The fourth-order valence-corrected chi connectivity index (χ4v) is 5.17. The van der Waals surface area contributed by atoms with Gasteiger partial charge in [-0.05, 0) is 0 Å². The zero-order valence-electron chi connectivity index (χ0n) is 13.4. The van der Waals surface area contributed by atoms with Crippen LogP contribution in [-0.4, -0.2) is 64.8 Å². The normalized spacial score (nSPS) is 15.9. The van der Waals surface area contributed by atoms with Crippen molar-refractivity contribution in [2.45, 2.75) is 64.9 Å². The van der Waals surface area contributed by atoms with Crippen LogP contribution in [0.2, 0.25) is 4.44 Å². The molecule has 0 spiro atoms. The van der Waals surface area contributed by atoms with Crippen LogP contribution in [-0.2, 0) is 0 Å². The van der Waals surface area contributed by atoms with Crippen molar-refractivity contribution >= 4 is 35.8 Å². The van der Waals surface area contributed by atoms with Crippen molar-refractivity contribution in [2.24, 2.45) is 0 Å². The first-order valence-corrected chi connectivity index (χ1v) is 17.2. The molecule has 0 aliphatic heterocycles. The molecule has 0 fully saturated rings. The van der Waals surface area contributed by atoms with E-state index in [1.54, 1.807) is 18.6 Å². The molecule has 0 saturated heterocycles. The summed E-state index contributed by atoms with van der Waals surface area (Å²) in [6.07, 6.45) is -11.0. The van der Waals surface area contributed by atoms with E-state index in [9.17, 15) is 74.6 Å². The Morgan fingerprint density at radius 2 is 0.767 bits per heavy atom. The number of hydrogen-bond donors (Lipinski definition) is 0. The van der Waals surface area contributed by atoms with Gasteiger partial charge in [-0.25, -0.2) is 0 Å². The van der Waals surface area contributed by atoms with Crippen molar-refractivity contribution in [3.05, 3.63) is 0 Å². The zero-order chi connectivity index (χ0) is 24.8. The predicted molar refractivity (Wildman–Crippen MR) is 74.5 cm³/mol. The van der Waals surface area contributed by atoms with E-state index in [0.29, 0.717) is 0 Å². The standard InChI is InChI=1S/C11H6F17.HI.Sn/c1-2-3-4(12,13)5(14,15)6(16,17)7(18,19)8(20,21)9(22,23)10(24,25)11(26,27)28;;/h1-3H2;1H;/q;;+3/p-1. The van der Waals surface area contributed by atoms with Gasteiger partial charge in [0.25, 0.3) is 0 Å². The average Bonchev–Trinajstić information content (AvgIpc) is 2.52. The van der Waals surface area contributed by atoms with Gasteiger partial charge in [0.05, 0.1) is 0 Å². The molecular weight excluding hydrogens is 701 g/mol. The van der Waals surface area contributed by atoms with Gasteiger partial charge in [0.1, 0.15) is 0 Å². The molecule has 0 unspecified atom stereocenters. The van der Waals surface area contributed by atoms with E-state index < -0.39 is 77.6 Å². The summed E-state index contributed by atoms with van der Waals surface area (Å²) in [5, 5.41) is 0. The molecule has 0 aliphatic rings. The Balaban J connectivity index is 6.48. The maximum atomic E-state index is 13.4. The van der Waals surface area contributed by atoms with Crippen LogP contribution in [0.5, 0.6) is 0 Å². The number of alkyl halides is 17. The summed E-state index contributed by atoms with van der Waals surface area (Å²) in [5.74, 6) is -55.6. The van der Waals surface area contributed by atoms with Crippen LogP contribution >= 0.6 is 18.6 Å². The second-order valence-corrected chi connectivity index (χ2v) is 12.9. The van der Waals surface area contributed by atoms with Crippen LogP contribution in [0.4, 0.5) is 74.6 Å². The van der Waals surface area contributed by atoms with Crippen molar-refractivity contribution < 1.29 is 74.6 Å². The summed E-state index contributed by atoms with van der Waals surface area (Å²) < 4.78 is 220. The van der Waals surface area contributed by atoms with Gasteiger partial charge in [0, 0.05) is 0 Å². The molecule has 30 heavy (non-hydrogen) atoms. The first-order valence-electron chi connectivity index (χ1n) is 6.86. The van der Waals surface area contributed by atoms with E-state index in [0.717, 1.165) is 0 Å². The predicted octanol–water partition coefficient (Wildman–Crippen LogP) is 7.25. The molecule has 178 valence electrons. The van der Waals surface area contributed by atoms with E-state index in [1.165, 1.54) is 0 Å². The van der Waals surface area contributed by atoms with Gasteiger partial charge >= 0.3 is 175 Å². The van der Waals surface area contributed by atoms with Crippen molar-refractivity contribution in [3.63, 3.8) is 0 Å². The van der Waals surface area contributed by atoms with Crippen LogP contribution in [0.15, 0.2) is 0 Å². The minimum absolute atomic E-state index is 0.233. The topological polar surface area (TPSA) is 0 Å². The molecule has 0 N–H and O–H groups in total. The molecule has 0 atom stereocenters. The molecule has 0 aromatic rings. The summed E-state index contributed by atoms with van der Waals surface area (Å²) in [4.78, 5) is 0. The number of rotatable bonds is 10. The summed E-state index contributed by atoms with van der Waals surface area (Å²) in [6, 6.07) is 0. The van der Waals surface area contributed by atoms with Crippen LogP contribution in [0.1, 0.15) is 12.8 Å². The van der Waals surface area contributed by atoms with Gasteiger partial charge in [-0.3, -0.25) is 0 Å². The van der Waals surface area contributed by atoms with Crippen molar-refractivity contribution in [3.8, 4) is 0 Å². The molecule has 19 heteroatoms. The van der Waals surface area contributed by atoms with Gasteiger partial charge in [0.2, 0.25) is 0 Å². The van der Waals surface area contributed by atoms with Gasteiger partial charge in [-0.1, -0.05) is 0 Å². The summed E-state index contributed by atoms with van der Waals surface area (Å²) in [6.45, 7) is 0. The molecule has 0 radical (unpaired) electrons. The molecule has 0 rings (SSSR count). The van der Waals surface area contributed by atoms with Crippen LogP contribution in [0.25, 0.3) is 0 Å². The third-order valence-electron chi connectivity index (χ3n) is 3.55. The second-order valence-electron chi connectivity index (χ2n) is 5.64. The molecule has 0 bridgehead atoms. The first-order chi connectivity index (χ1) is 12.8. The van der Waals surface area contributed by atoms with E-state index in [1.807, 2.05) is 0 Å². The van der Waals surface area contributed by atoms with Crippen molar-refractivity contribution in [2.75, 3.05) is 0 Å². The summed E-state index contributed by atoms with van der Waals surface area (Å²) in [7, 11) is 0. The SMILES string of the molecule is FC(F)(F)C(F)(F)C(F)(F)C(F)(F)C(F)(F)C(F)(F)C(F)(F)C(F)(F)CC[CH2][Sn+2][I]. The summed E-state index contributed by atoms with van der Waals surface area (Å²) >= 11 is 0.209. The van der Waals surface area contributed by atoms with Gasteiger partial charge in [-0.2, -0.15) is 0 Å². The Bertz CT molecular complexity index is 595. The Labute approximate surface area is 175 Å². The first kappa shape index (κ1) is 30.3. The fourth-order valence-electron chi connectivity index (χ4n) is 1.73. The van der Waals surface area contributed by atoms with Crippen molar-refractivity contribution in [1.82, 2.24) is 0 Å². The minimum atomic E-state index is -8.56. The quantitative estimate of drug-likeness (QED) is 0.0973. The molecule has 0 aliphatic carbocycles. The monoisotopic (exact) mass is 708 g/mol. The molecule has 0 heterocycles. The molecule has 0 amide bonds. The molecular formula is C11H6F17ISn+2. The second kappa shape index (κ2) is 8.60. The van der Waals surface area contributed by atoms with Crippen molar-refractivity contribution in [1.29, 1.82) is 0 Å². The summed E-state index contributed by atoms with van der Waals surface area (Å²) in [5.41, 5.74) is 0. The van der Waals surface area contributed by atoms with E-state index in [4.69, 9.17) is 0 Å². The number of hydrogen-bond acceptors (Lipinski definition) is 0. The van der Waals surface area contributed by atoms with E-state index in [2.05, 4.69) is 0 Å². The Hall–Kier alpha value is 0.339. The maximum absolute atomic E-state index is 13.4. The van der Waals surface area contributed by atoms with Crippen LogP contribution < -0.4 is 0 Å². The molecule has 0 aromatic heterocycles. The fraction of sp³-hybridized carbons (Fsp3) is 1.00. The molecule has 0 saturated carbocycles. The Morgan fingerprint density at radius 1 is 0.467 bits per heavy atom. The van der Waals surface area contributed by atoms with Crippen LogP contribution in [0.3, 0.4) is 0 Å². The molecule has 0 aromatic carbocycles. The van der Waals surface area contributed by atoms with Gasteiger partial charge < -0.3 is 0 Å². The third-order valence-corrected chi connectivity index (χ3v) is 8.72.